The molecule has 3 N–H and O–H groups in total. The third-order valence-corrected chi connectivity index (χ3v) is 3.25. The Hall–Kier alpha value is -1.85. The van der Waals surface area contributed by atoms with Crippen LogP contribution >= 0.6 is 11.6 Å². The zero-order valence-corrected chi connectivity index (χ0v) is 13.6. The number of rotatable bonds is 3. The van der Waals surface area contributed by atoms with Crippen molar-refractivity contribution in [1.29, 1.82) is 0 Å². The fourth-order valence-electron chi connectivity index (χ4n) is 1.98. The van der Waals surface area contributed by atoms with Crippen molar-refractivity contribution in [3.8, 4) is 0 Å². The predicted molar refractivity (Wildman–Crippen MR) is 87.9 cm³/mol. The third-order valence-electron chi connectivity index (χ3n) is 2.96. The zero-order chi connectivity index (χ0) is 16.3. The average molecular weight is 322 g/mol. The summed E-state index contributed by atoms with van der Waals surface area (Å²) in [4.78, 5) is 15.9. The van der Waals surface area contributed by atoms with Crippen molar-refractivity contribution in [2.45, 2.75) is 32.4 Å². The Labute approximate surface area is 134 Å². The summed E-state index contributed by atoms with van der Waals surface area (Å²) in [5, 5.41) is 4.88. The molecule has 0 aliphatic rings. The maximum absolute atomic E-state index is 11.6. The Morgan fingerprint density at radius 3 is 2.77 bits per heavy atom. The lowest BCUT2D eigenvalue weighted by Gasteiger charge is -2.20. The van der Waals surface area contributed by atoms with Crippen LogP contribution in [0.1, 0.15) is 32.5 Å². The summed E-state index contributed by atoms with van der Waals surface area (Å²) in [5.41, 5.74) is 6.16. The second-order valence-electron chi connectivity index (χ2n) is 6.05. The van der Waals surface area contributed by atoms with Gasteiger partial charge in [-0.3, -0.25) is 0 Å². The van der Waals surface area contributed by atoms with Gasteiger partial charge in [-0.15, -0.1) is 0 Å². The molecule has 1 amide bonds. The van der Waals surface area contributed by atoms with Crippen LogP contribution in [0.3, 0.4) is 0 Å². The van der Waals surface area contributed by atoms with Gasteiger partial charge in [0.25, 0.3) is 0 Å². The van der Waals surface area contributed by atoms with E-state index >= 15 is 0 Å². The van der Waals surface area contributed by atoms with Crippen LogP contribution in [0.15, 0.2) is 30.3 Å². The van der Waals surface area contributed by atoms with Crippen LogP contribution in [0.2, 0.25) is 5.15 Å². The van der Waals surface area contributed by atoms with E-state index in [0.29, 0.717) is 10.8 Å². The molecule has 118 valence electrons. The zero-order valence-electron chi connectivity index (χ0n) is 12.9. The molecule has 0 aliphatic heterocycles. The first kappa shape index (κ1) is 16.5. The van der Waals surface area contributed by atoms with Crippen molar-refractivity contribution in [2.75, 3.05) is 6.54 Å². The molecule has 2 aromatic rings. The van der Waals surface area contributed by atoms with Gasteiger partial charge in [0, 0.05) is 11.9 Å². The van der Waals surface area contributed by atoms with E-state index in [0.717, 1.165) is 10.8 Å². The van der Waals surface area contributed by atoms with Gasteiger partial charge in [0.1, 0.15) is 10.8 Å². The fourth-order valence-corrected chi connectivity index (χ4v) is 2.25. The number of nitrogens with one attached hydrogen (secondary N) is 1. The highest BCUT2D eigenvalue weighted by Crippen LogP contribution is 2.24. The topological polar surface area (TPSA) is 77.2 Å². The number of aromatic nitrogens is 1. The SMILES string of the molecule is CC(C)(C)OC(=O)NCC(N)c1cc2ccccc2c(Cl)n1. The van der Waals surface area contributed by atoms with Gasteiger partial charge in [-0.1, -0.05) is 35.9 Å². The summed E-state index contributed by atoms with van der Waals surface area (Å²) in [5.74, 6) is 0. The summed E-state index contributed by atoms with van der Waals surface area (Å²) in [7, 11) is 0. The molecule has 0 fully saturated rings. The smallest absolute Gasteiger partial charge is 0.407 e. The molecule has 0 aliphatic carbocycles. The average Bonchev–Trinajstić information content (AvgIpc) is 2.43. The Balaban J connectivity index is 2.07. The third kappa shape index (κ3) is 4.32. The number of carbonyl (C=O) groups excluding carboxylic acids is 1. The molecule has 0 spiro atoms. The lowest BCUT2D eigenvalue weighted by molar-refractivity contribution is 0.0524. The van der Waals surface area contributed by atoms with E-state index in [-0.39, 0.29) is 6.54 Å². The molecule has 1 unspecified atom stereocenters. The van der Waals surface area contributed by atoms with Crippen LogP contribution in [0.4, 0.5) is 4.79 Å². The molecule has 1 aromatic heterocycles. The van der Waals surface area contributed by atoms with Crippen LogP contribution < -0.4 is 11.1 Å². The van der Waals surface area contributed by atoms with Crippen molar-refractivity contribution in [3.05, 3.63) is 41.2 Å². The number of amides is 1. The van der Waals surface area contributed by atoms with E-state index < -0.39 is 17.7 Å². The van der Waals surface area contributed by atoms with Crippen molar-refractivity contribution >= 4 is 28.5 Å². The Morgan fingerprint density at radius 2 is 2.09 bits per heavy atom. The molecule has 6 heteroatoms. The number of nitrogens with two attached hydrogens (primary N) is 1. The summed E-state index contributed by atoms with van der Waals surface area (Å²) in [6.07, 6.45) is -0.505. The van der Waals surface area contributed by atoms with Crippen LogP contribution in [0.25, 0.3) is 10.8 Å². The number of nitrogens with zero attached hydrogens (tertiary/aromatic N) is 1. The Bertz CT molecular complexity index is 683. The Kier molecular flexibility index (Phi) is 4.88. The lowest BCUT2D eigenvalue weighted by atomic mass is 10.1. The lowest BCUT2D eigenvalue weighted by Crippen LogP contribution is -2.36. The molecule has 0 saturated heterocycles. The first-order valence-corrected chi connectivity index (χ1v) is 7.42. The number of pyridine rings is 1. The molecule has 1 heterocycles. The fraction of sp³-hybridized carbons (Fsp3) is 0.375. The van der Waals surface area contributed by atoms with Crippen molar-refractivity contribution in [1.82, 2.24) is 10.3 Å². The van der Waals surface area contributed by atoms with Gasteiger partial charge < -0.3 is 15.8 Å². The molecule has 1 atom stereocenters. The number of fused-ring (bicyclic) bond motifs is 1. The maximum Gasteiger partial charge on any atom is 0.407 e. The normalized spacial score (nSPS) is 13.0. The van der Waals surface area contributed by atoms with Gasteiger partial charge in [-0.25, -0.2) is 9.78 Å². The highest BCUT2D eigenvalue weighted by atomic mass is 35.5. The molecule has 22 heavy (non-hydrogen) atoms. The van der Waals surface area contributed by atoms with Crippen molar-refractivity contribution in [2.24, 2.45) is 5.73 Å². The Morgan fingerprint density at radius 1 is 1.41 bits per heavy atom. The predicted octanol–water partition coefficient (Wildman–Crippen LogP) is 3.41. The van der Waals surface area contributed by atoms with Crippen LogP contribution in [-0.4, -0.2) is 23.2 Å². The molecule has 0 radical (unpaired) electrons. The molecular formula is C16H20ClN3O2. The van der Waals surface area contributed by atoms with Gasteiger partial charge in [0.05, 0.1) is 11.7 Å². The van der Waals surface area contributed by atoms with Gasteiger partial charge in [0.2, 0.25) is 0 Å². The number of alkyl carbamates (subject to hydrolysis) is 1. The van der Waals surface area contributed by atoms with Gasteiger partial charge in [-0.2, -0.15) is 0 Å². The molecule has 1 aromatic carbocycles. The van der Waals surface area contributed by atoms with E-state index in [1.54, 1.807) is 20.8 Å². The van der Waals surface area contributed by atoms with Crippen LogP contribution in [-0.2, 0) is 4.74 Å². The first-order valence-electron chi connectivity index (χ1n) is 7.04. The number of hydrogen-bond donors (Lipinski definition) is 2. The van der Waals surface area contributed by atoms with Crippen molar-refractivity contribution in [3.63, 3.8) is 0 Å². The highest BCUT2D eigenvalue weighted by molar-refractivity contribution is 6.34. The minimum absolute atomic E-state index is 0.219. The molecule has 0 saturated carbocycles. The summed E-state index contributed by atoms with van der Waals surface area (Å²) >= 11 is 6.18. The molecular weight excluding hydrogens is 302 g/mol. The highest BCUT2D eigenvalue weighted by Gasteiger charge is 2.17. The monoisotopic (exact) mass is 321 g/mol. The standard InChI is InChI=1S/C16H20ClN3O2/c1-16(2,3)22-15(21)19-9-12(18)13-8-10-6-4-5-7-11(10)14(17)20-13/h4-8,12H,9,18H2,1-3H3,(H,19,21). The van der Waals surface area contributed by atoms with E-state index in [1.807, 2.05) is 30.3 Å². The molecule has 2 rings (SSSR count). The quantitative estimate of drug-likeness (QED) is 0.849. The van der Waals surface area contributed by atoms with E-state index in [2.05, 4.69) is 10.3 Å². The van der Waals surface area contributed by atoms with E-state index in [1.165, 1.54) is 0 Å². The number of benzene rings is 1. The first-order chi connectivity index (χ1) is 10.3. The van der Waals surface area contributed by atoms with E-state index in [4.69, 9.17) is 22.1 Å². The number of carbonyl (C=O) groups is 1. The summed E-state index contributed by atoms with van der Waals surface area (Å²) in [6, 6.07) is 9.09. The van der Waals surface area contributed by atoms with Crippen molar-refractivity contribution < 1.29 is 9.53 Å². The van der Waals surface area contributed by atoms with Crippen LogP contribution in [0.5, 0.6) is 0 Å². The minimum atomic E-state index is -0.543. The number of halogens is 1. The summed E-state index contributed by atoms with van der Waals surface area (Å²) < 4.78 is 5.17. The molecule has 5 nitrogen and oxygen atoms in total. The summed E-state index contributed by atoms with van der Waals surface area (Å²) in [6.45, 7) is 5.63. The van der Waals surface area contributed by atoms with Gasteiger partial charge in [0.15, 0.2) is 0 Å². The van der Waals surface area contributed by atoms with E-state index in [9.17, 15) is 4.79 Å². The van der Waals surface area contributed by atoms with Gasteiger partial charge >= 0.3 is 6.09 Å². The second-order valence-corrected chi connectivity index (χ2v) is 6.41. The second kappa shape index (κ2) is 6.50. The number of ether oxygens (including phenoxy) is 1. The largest absolute Gasteiger partial charge is 0.444 e. The minimum Gasteiger partial charge on any atom is -0.444 e. The molecule has 0 bridgehead atoms. The maximum atomic E-state index is 11.6. The van der Waals surface area contributed by atoms with Crippen LogP contribution in [0, 0.1) is 0 Å². The number of hydrogen-bond acceptors (Lipinski definition) is 4. The van der Waals surface area contributed by atoms with Gasteiger partial charge in [-0.05, 0) is 32.2 Å².